The first-order valence-corrected chi connectivity index (χ1v) is 8.32. The highest BCUT2D eigenvalue weighted by Crippen LogP contribution is 2.25. The summed E-state index contributed by atoms with van der Waals surface area (Å²) in [6.45, 7) is 7.71. The van der Waals surface area contributed by atoms with E-state index in [0.717, 1.165) is 32.4 Å². The molecule has 1 aromatic heterocycles. The van der Waals surface area contributed by atoms with E-state index in [0.29, 0.717) is 5.82 Å². The molecule has 0 amide bonds. The SMILES string of the molecule is CC(C)(c1noc(CS(C)(=O)=O)n1)N1CCNCC1. The molecule has 1 saturated heterocycles. The Morgan fingerprint density at radius 3 is 2.58 bits per heavy atom. The molecular weight excluding hydrogens is 268 g/mol. The summed E-state index contributed by atoms with van der Waals surface area (Å²) < 4.78 is 27.5. The van der Waals surface area contributed by atoms with Gasteiger partial charge in [0.05, 0.1) is 5.54 Å². The molecule has 0 radical (unpaired) electrons. The predicted octanol–water partition coefficient (Wildman–Crippen LogP) is -0.245. The zero-order valence-electron chi connectivity index (χ0n) is 11.5. The monoisotopic (exact) mass is 288 g/mol. The second-order valence-electron chi connectivity index (χ2n) is 5.38. The van der Waals surface area contributed by atoms with Crippen LogP contribution < -0.4 is 5.32 Å². The molecule has 0 atom stereocenters. The van der Waals surface area contributed by atoms with E-state index in [9.17, 15) is 8.42 Å². The van der Waals surface area contributed by atoms with Crippen molar-refractivity contribution in [2.45, 2.75) is 25.1 Å². The lowest BCUT2D eigenvalue weighted by Gasteiger charge is -2.38. The van der Waals surface area contributed by atoms with Crippen LogP contribution in [0.15, 0.2) is 4.52 Å². The Hall–Kier alpha value is -0.990. The molecule has 108 valence electrons. The maximum atomic E-state index is 11.2. The maximum Gasteiger partial charge on any atom is 0.241 e. The molecule has 0 spiro atoms. The van der Waals surface area contributed by atoms with Crippen molar-refractivity contribution in [3.63, 3.8) is 0 Å². The molecule has 0 unspecified atom stereocenters. The van der Waals surface area contributed by atoms with E-state index in [1.807, 2.05) is 13.8 Å². The van der Waals surface area contributed by atoms with Crippen molar-refractivity contribution in [2.24, 2.45) is 0 Å². The third-order valence-corrected chi connectivity index (χ3v) is 4.08. The van der Waals surface area contributed by atoms with Gasteiger partial charge >= 0.3 is 0 Å². The first kappa shape index (κ1) is 14.4. The van der Waals surface area contributed by atoms with Crippen molar-refractivity contribution >= 4 is 9.84 Å². The summed E-state index contributed by atoms with van der Waals surface area (Å²) >= 11 is 0. The van der Waals surface area contributed by atoms with Crippen molar-refractivity contribution in [1.29, 1.82) is 0 Å². The zero-order chi connectivity index (χ0) is 14.1. The number of piperazine rings is 1. The third kappa shape index (κ3) is 3.52. The Morgan fingerprint density at radius 1 is 1.37 bits per heavy atom. The molecule has 2 rings (SSSR count). The highest BCUT2D eigenvalue weighted by molar-refractivity contribution is 7.89. The molecular formula is C11H20N4O3S. The normalized spacial score (nSPS) is 18.7. The lowest BCUT2D eigenvalue weighted by atomic mass is 10.0. The second-order valence-corrected chi connectivity index (χ2v) is 7.52. The van der Waals surface area contributed by atoms with Gasteiger partial charge < -0.3 is 9.84 Å². The lowest BCUT2D eigenvalue weighted by molar-refractivity contribution is 0.0924. The molecule has 1 aliphatic rings. The Kier molecular flexibility index (Phi) is 3.93. The summed E-state index contributed by atoms with van der Waals surface area (Å²) in [6, 6.07) is 0. The Bertz CT molecular complexity index is 532. The minimum atomic E-state index is -3.15. The van der Waals surface area contributed by atoms with Gasteiger partial charge in [-0.1, -0.05) is 5.16 Å². The fourth-order valence-corrected chi connectivity index (χ4v) is 2.72. The number of sulfone groups is 1. The maximum absolute atomic E-state index is 11.2. The largest absolute Gasteiger partial charge is 0.338 e. The van der Waals surface area contributed by atoms with E-state index in [1.54, 1.807) is 0 Å². The fourth-order valence-electron chi connectivity index (χ4n) is 2.15. The van der Waals surface area contributed by atoms with Crippen LogP contribution in [0.4, 0.5) is 0 Å². The lowest BCUT2D eigenvalue weighted by Crippen LogP contribution is -2.52. The molecule has 19 heavy (non-hydrogen) atoms. The minimum Gasteiger partial charge on any atom is -0.338 e. The minimum absolute atomic E-state index is 0.153. The van der Waals surface area contributed by atoms with Crippen LogP contribution >= 0.6 is 0 Å². The number of nitrogens with zero attached hydrogens (tertiary/aromatic N) is 3. The van der Waals surface area contributed by atoms with Crippen molar-refractivity contribution in [1.82, 2.24) is 20.4 Å². The average Bonchev–Trinajstić information content (AvgIpc) is 2.77. The van der Waals surface area contributed by atoms with Gasteiger partial charge in [0.2, 0.25) is 5.89 Å². The molecule has 1 fully saturated rings. The number of hydrogen-bond donors (Lipinski definition) is 1. The molecule has 0 saturated carbocycles. The van der Waals surface area contributed by atoms with Crippen LogP contribution in [-0.4, -0.2) is 55.9 Å². The van der Waals surface area contributed by atoms with Crippen molar-refractivity contribution in [2.75, 3.05) is 32.4 Å². The van der Waals surface area contributed by atoms with Gasteiger partial charge in [0.1, 0.15) is 5.75 Å². The smallest absolute Gasteiger partial charge is 0.241 e. The van der Waals surface area contributed by atoms with Gasteiger partial charge in [0, 0.05) is 32.4 Å². The number of rotatable bonds is 4. The summed E-state index contributed by atoms with van der Waals surface area (Å²) in [5.74, 6) is 0.478. The second kappa shape index (κ2) is 5.18. The molecule has 2 heterocycles. The highest BCUT2D eigenvalue weighted by Gasteiger charge is 2.34. The Balaban J connectivity index is 2.16. The van der Waals surface area contributed by atoms with Crippen LogP contribution in [-0.2, 0) is 21.1 Å². The average molecular weight is 288 g/mol. The van der Waals surface area contributed by atoms with Crippen molar-refractivity contribution < 1.29 is 12.9 Å². The fraction of sp³-hybridized carbons (Fsp3) is 0.818. The summed E-state index contributed by atoms with van der Waals surface area (Å²) in [7, 11) is -3.15. The van der Waals surface area contributed by atoms with Gasteiger partial charge in [-0.2, -0.15) is 4.98 Å². The van der Waals surface area contributed by atoms with Crippen LogP contribution in [0.2, 0.25) is 0 Å². The first-order chi connectivity index (χ1) is 8.79. The van der Waals surface area contributed by atoms with Crippen LogP contribution in [0.5, 0.6) is 0 Å². The van der Waals surface area contributed by atoms with Gasteiger partial charge in [0.25, 0.3) is 0 Å². The van der Waals surface area contributed by atoms with Gasteiger partial charge in [-0.05, 0) is 13.8 Å². The standard InChI is InChI=1S/C11H20N4O3S/c1-11(2,15-6-4-12-5-7-15)10-13-9(18-14-10)8-19(3,16)17/h12H,4-8H2,1-3H3. The zero-order valence-corrected chi connectivity index (χ0v) is 12.3. The van der Waals surface area contributed by atoms with Crippen LogP contribution in [0.3, 0.4) is 0 Å². The van der Waals surface area contributed by atoms with E-state index in [-0.39, 0.29) is 17.2 Å². The van der Waals surface area contributed by atoms with E-state index in [1.165, 1.54) is 0 Å². The van der Waals surface area contributed by atoms with E-state index in [4.69, 9.17) is 4.52 Å². The van der Waals surface area contributed by atoms with Crippen molar-refractivity contribution in [3.05, 3.63) is 11.7 Å². The summed E-state index contributed by atoms with van der Waals surface area (Å²) in [4.78, 5) is 6.49. The van der Waals surface area contributed by atoms with E-state index in [2.05, 4.69) is 20.4 Å². The van der Waals surface area contributed by atoms with Crippen LogP contribution in [0.25, 0.3) is 0 Å². The van der Waals surface area contributed by atoms with Gasteiger partial charge in [-0.25, -0.2) is 8.42 Å². The van der Waals surface area contributed by atoms with Crippen LogP contribution in [0.1, 0.15) is 25.6 Å². The van der Waals surface area contributed by atoms with E-state index < -0.39 is 9.84 Å². The molecule has 7 nitrogen and oxygen atoms in total. The molecule has 1 aliphatic heterocycles. The van der Waals surface area contributed by atoms with Crippen molar-refractivity contribution in [3.8, 4) is 0 Å². The topological polar surface area (TPSA) is 88.3 Å². The third-order valence-electron chi connectivity index (χ3n) is 3.31. The molecule has 8 heteroatoms. The quantitative estimate of drug-likeness (QED) is 0.817. The van der Waals surface area contributed by atoms with Crippen LogP contribution in [0, 0.1) is 0 Å². The molecule has 0 aromatic carbocycles. The highest BCUT2D eigenvalue weighted by atomic mass is 32.2. The van der Waals surface area contributed by atoms with Gasteiger partial charge in [0.15, 0.2) is 15.7 Å². The molecule has 0 bridgehead atoms. The Labute approximate surface area is 113 Å². The number of aromatic nitrogens is 2. The van der Waals surface area contributed by atoms with E-state index >= 15 is 0 Å². The summed E-state index contributed by atoms with van der Waals surface area (Å²) in [5.41, 5.74) is -0.360. The molecule has 1 aromatic rings. The molecule has 1 N–H and O–H groups in total. The summed E-state index contributed by atoms with van der Waals surface area (Å²) in [5, 5.41) is 7.22. The predicted molar refractivity (Wildman–Crippen MR) is 70.3 cm³/mol. The molecule has 0 aliphatic carbocycles. The Morgan fingerprint density at radius 2 is 2.00 bits per heavy atom. The number of nitrogens with one attached hydrogen (secondary N) is 1. The first-order valence-electron chi connectivity index (χ1n) is 6.25. The number of hydrogen-bond acceptors (Lipinski definition) is 7. The van der Waals surface area contributed by atoms with Gasteiger partial charge in [-0.3, -0.25) is 4.90 Å². The summed E-state index contributed by atoms with van der Waals surface area (Å²) in [6.07, 6.45) is 1.15. The van der Waals surface area contributed by atoms with Gasteiger partial charge in [-0.15, -0.1) is 0 Å².